The van der Waals surface area contributed by atoms with E-state index in [0.29, 0.717) is 6.54 Å². The predicted molar refractivity (Wildman–Crippen MR) is 104 cm³/mol. The lowest BCUT2D eigenvalue weighted by molar-refractivity contribution is -0.135. The van der Waals surface area contributed by atoms with Crippen molar-refractivity contribution in [2.75, 3.05) is 19.6 Å². The number of hydrogen-bond acceptors (Lipinski definition) is 2. The highest BCUT2D eigenvalue weighted by Gasteiger charge is 2.23. The van der Waals surface area contributed by atoms with E-state index in [2.05, 4.69) is 43.7 Å². The molecular weight excluding hydrogens is 329 g/mol. The minimum absolute atomic E-state index is 0.189. The fourth-order valence-electron chi connectivity index (χ4n) is 3.91. The summed E-state index contributed by atoms with van der Waals surface area (Å²) in [5, 5.41) is 1.05. The van der Waals surface area contributed by atoms with Crippen molar-refractivity contribution >= 4 is 22.4 Å². The Hall–Kier alpha value is -2.14. The van der Waals surface area contributed by atoms with Crippen LogP contribution in [0.25, 0.3) is 16.5 Å². The van der Waals surface area contributed by atoms with Crippen LogP contribution in [0.5, 0.6) is 0 Å². The van der Waals surface area contributed by atoms with E-state index >= 15 is 0 Å². The molecule has 2 aromatic rings. The molecule has 1 aromatic heterocycles. The molecule has 0 fully saturated rings. The molecule has 1 aromatic carbocycles. The van der Waals surface area contributed by atoms with Gasteiger partial charge in [0.05, 0.1) is 6.54 Å². The molecule has 4 nitrogen and oxygen atoms in total. The first-order chi connectivity index (χ1) is 12.4. The lowest BCUT2D eigenvalue weighted by Crippen LogP contribution is -2.47. The quantitative estimate of drug-likeness (QED) is 0.877. The second-order valence-electron chi connectivity index (χ2n) is 7.60. The summed E-state index contributed by atoms with van der Waals surface area (Å²) in [7, 11) is 0. The van der Waals surface area contributed by atoms with Crippen molar-refractivity contribution in [2.24, 2.45) is 0 Å². The number of nitrogens with zero attached hydrogens (tertiary/aromatic N) is 2. The lowest BCUT2D eigenvalue weighted by atomic mass is 9.99. The van der Waals surface area contributed by atoms with E-state index < -0.39 is 0 Å². The number of fused-ring (bicyclic) bond motifs is 1. The number of aromatic nitrogens is 1. The largest absolute Gasteiger partial charge is 0.360 e. The zero-order valence-electron chi connectivity index (χ0n) is 16.1. The van der Waals surface area contributed by atoms with E-state index in [9.17, 15) is 9.18 Å². The van der Waals surface area contributed by atoms with Gasteiger partial charge in [-0.2, -0.15) is 0 Å². The Morgan fingerprint density at radius 1 is 1.27 bits per heavy atom. The normalized spacial score (nSPS) is 15.7. The van der Waals surface area contributed by atoms with Crippen molar-refractivity contribution in [1.82, 2.24) is 14.8 Å². The van der Waals surface area contributed by atoms with Gasteiger partial charge in [0.25, 0.3) is 0 Å². The molecule has 0 radical (unpaired) electrons. The molecule has 0 atom stereocenters. The molecule has 3 rings (SSSR count). The third kappa shape index (κ3) is 3.83. The predicted octanol–water partition coefficient (Wildman–Crippen LogP) is 4.04. The molecule has 1 N–H and O–H groups in total. The van der Waals surface area contributed by atoms with Crippen LogP contribution < -0.4 is 0 Å². The number of H-pyrrole nitrogens is 1. The van der Waals surface area contributed by atoms with E-state index in [1.165, 1.54) is 17.7 Å². The van der Waals surface area contributed by atoms with Crippen LogP contribution in [0, 0.1) is 5.82 Å². The highest BCUT2D eigenvalue weighted by molar-refractivity contribution is 5.92. The number of aromatic amines is 1. The standard InChI is InChI=1S/C21H28FN3O/c1-14(2)25(15(3)4)21(26)13-24-9-7-16(8-10-24)19-12-23-20-11-17(22)5-6-18(19)20/h5-7,11-12,14-15,23H,8-10,13H2,1-4H3. The molecule has 2 heterocycles. The van der Waals surface area contributed by atoms with Gasteiger partial charge in [-0.3, -0.25) is 9.69 Å². The Labute approximate surface area is 154 Å². The van der Waals surface area contributed by atoms with Crippen molar-refractivity contribution in [3.05, 3.63) is 41.9 Å². The van der Waals surface area contributed by atoms with Gasteiger partial charge in [-0.15, -0.1) is 0 Å². The van der Waals surface area contributed by atoms with Crippen LogP contribution in [0.3, 0.4) is 0 Å². The Bertz CT molecular complexity index is 814. The average molecular weight is 357 g/mol. The maximum absolute atomic E-state index is 13.4. The summed E-state index contributed by atoms with van der Waals surface area (Å²) < 4.78 is 13.4. The van der Waals surface area contributed by atoms with E-state index in [1.807, 2.05) is 17.2 Å². The molecule has 0 bridgehead atoms. The highest BCUT2D eigenvalue weighted by Crippen LogP contribution is 2.29. The van der Waals surface area contributed by atoms with Crippen molar-refractivity contribution in [2.45, 2.75) is 46.2 Å². The summed E-state index contributed by atoms with van der Waals surface area (Å²) in [4.78, 5) is 19.9. The van der Waals surface area contributed by atoms with E-state index in [1.54, 1.807) is 0 Å². The second-order valence-corrected chi connectivity index (χ2v) is 7.60. The Morgan fingerprint density at radius 3 is 2.62 bits per heavy atom. The molecule has 0 saturated heterocycles. The third-order valence-electron chi connectivity index (χ3n) is 5.04. The molecule has 1 amide bonds. The van der Waals surface area contributed by atoms with Crippen LogP contribution in [-0.2, 0) is 4.79 Å². The lowest BCUT2D eigenvalue weighted by Gasteiger charge is -2.34. The number of rotatable bonds is 5. The smallest absolute Gasteiger partial charge is 0.237 e. The van der Waals surface area contributed by atoms with Gasteiger partial charge in [0.15, 0.2) is 0 Å². The summed E-state index contributed by atoms with van der Waals surface area (Å²) >= 11 is 0. The number of nitrogens with one attached hydrogen (secondary N) is 1. The summed E-state index contributed by atoms with van der Waals surface area (Å²) in [6.07, 6.45) is 5.04. The first-order valence-electron chi connectivity index (χ1n) is 9.36. The van der Waals surface area contributed by atoms with Crippen LogP contribution in [0.4, 0.5) is 4.39 Å². The maximum Gasteiger partial charge on any atom is 0.237 e. The summed E-state index contributed by atoms with van der Waals surface area (Å²) in [6.45, 7) is 10.3. The minimum atomic E-state index is -0.229. The Morgan fingerprint density at radius 2 is 2.00 bits per heavy atom. The molecule has 0 aliphatic carbocycles. The van der Waals surface area contributed by atoms with Gasteiger partial charge in [0.1, 0.15) is 5.82 Å². The highest BCUT2D eigenvalue weighted by atomic mass is 19.1. The van der Waals surface area contributed by atoms with Gasteiger partial charge in [-0.25, -0.2) is 4.39 Å². The Balaban J connectivity index is 1.69. The number of carbonyl (C=O) groups excluding carboxylic acids is 1. The number of halogens is 1. The fraction of sp³-hybridized carbons (Fsp3) is 0.476. The first-order valence-corrected chi connectivity index (χ1v) is 9.36. The van der Waals surface area contributed by atoms with Gasteiger partial charge in [-0.1, -0.05) is 6.08 Å². The fourth-order valence-corrected chi connectivity index (χ4v) is 3.91. The summed E-state index contributed by atoms with van der Waals surface area (Å²) in [6, 6.07) is 5.28. The van der Waals surface area contributed by atoms with Crippen LogP contribution in [0.15, 0.2) is 30.5 Å². The maximum atomic E-state index is 13.4. The van der Waals surface area contributed by atoms with E-state index in [4.69, 9.17) is 0 Å². The van der Waals surface area contributed by atoms with Gasteiger partial charge in [-0.05, 0) is 57.9 Å². The summed E-state index contributed by atoms with van der Waals surface area (Å²) in [5.74, 6) is -0.0394. The number of hydrogen-bond donors (Lipinski definition) is 1. The summed E-state index contributed by atoms with van der Waals surface area (Å²) in [5.41, 5.74) is 3.22. The molecule has 5 heteroatoms. The number of carbonyl (C=O) groups is 1. The number of amides is 1. The molecule has 26 heavy (non-hydrogen) atoms. The topological polar surface area (TPSA) is 39.3 Å². The monoisotopic (exact) mass is 357 g/mol. The molecule has 1 aliphatic rings. The van der Waals surface area contributed by atoms with E-state index in [0.717, 1.165) is 36.0 Å². The molecular formula is C21H28FN3O. The number of benzene rings is 1. The second kappa shape index (κ2) is 7.62. The van der Waals surface area contributed by atoms with Crippen LogP contribution >= 0.6 is 0 Å². The SMILES string of the molecule is CC(C)N(C(=O)CN1CC=C(c2c[nH]c3cc(F)ccc23)CC1)C(C)C. The van der Waals surface area contributed by atoms with Crippen LogP contribution in [0.1, 0.15) is 39.7 Å². The van der Waals surface area contributed by atoms with Crippen molar-refractivity contribution in [1.29, 1.82) is 0 Å². The zero-order chi connectivity index (χ0) is 18.8. The van der Waals surface area contributed by atoms with E-state index in [-0.39, 0.29) is 23.8 Å². The van der Waals surface area contributed by atoms with Crippen LogP contribution in [-0.4, -0.2) is 52.4 Å². The van der Waals surface area contributed by atoms with Gasteiger partial charge in [0, 0.05) is 47.8 Å². The molecule has 140 valence electrons. The molecule has 0 saturated carbocycles. The van der Waals surface area contributed by atoms with Gasteiger partial charge in [0.2, 0.25) is 5.91 Å². The van der Waals surface area contributed by atoms with Gasteiger partial charge < -0.3 is 9.88 Å². The Kier molecular flexibility index (Phi) is 5.47. The minimum Gasteiger partial charge on any atom is -0.360 e. The van der Waals surface area contributed by atoms with Crippen molar-refractivity contribution < 1.29 is 9.18 Å². The zero-order valence-corrected chi connectivity index (χ0v) is 16.1. The van der Waals surface area contributed by atoms with Crippen molar-refractivity contribution in [3.63, 3.8) is 0 Å². The third-order valence-corrected chi connectivity index (χ3v) is 5.04. The van der Waals surface area contributed by atoms with Gasteiger partial charge >= 0.3 is 0 Å². The van der Waals surface area contributed by atoms with Crippen molar-refractivity contribution in [3.8, 4) is 0 Å². The average Bonchev–Trinajstić information content (AvgIpc) is 2.97. The molecule has 0 unspecified atom stereocenters. The molecule has 1 aliphatic heterocycles. The van der Waals surface area contributed by atoms with Crippen LogP contribution in [0.2, 0.25) is 0 Å². The first kappa shape index (κ1) is 18.6. The molecule has 0 spiro atoms.